The number of morpholine rings is 1. The molecule has 1 unspecified atom stereocenters. The van der Waals surface area contributed by atoms with Crippen molar-refractivity contribution in [3.05, 3.63) is 29.8 Å². The molecule has 27 heavy (non-hydrogen) atoms. The fraction of sp³-hybridized carbons (Fsp3) is 0.650. The number of ether oxygens (including phenoxy) is 1. The van der Waals surface area contributed by atoms with Crippen LogP contribution in [-0.4, -0.2) is 68.4 Å². The number of benzene rings is 1. The van der Waals surface area contributed by atoms with Crippen molar-refractivity contribution in [2.24, 2.45) is 10.9 Å². The van der Waals surface area contributed by atoms with Gasteiger partial charge in [0.1, 0.15) is 5.75 Å². The molecule has 1 atom stereocenters. The standard InChI is InChI=1S/C20H34N4O2.HI/c1-16(2)14-24-11-12-26-19(15-24)13-23-20(21-3)22-10-4-5-17-6-8-18(25)9-7-17;/h6-9,16,19,25H,4-5,10-15H2,1-3H3,(H2,21,22,23);1H. The summed E-state index contributed by atoms with van der Waals surface area (Å²) >= 11 is 0. The van der Waals surface area contributed by atoms with Crippen LogP contribution < -0.4 is 10.6 Å². The van der Waals surface area contributed by atoms with E-state index in [0.717, 1.165) is 58.1 Å². The molecule has 2 rings (SSSR count). The number of guanidine groups is 1. The zero-order chi connectivity index (χ0) is 18.8. The van der Waals surface area contributed by atoms with Crippen LogP contribution in [0.1, 0.15) is 25.8 Å². The van der Waals surface area contributed by atoms with E-state index in [1.807, 2.05) is 12.1 Å². The van der Waals surface area contributed by atoms with Crippen LogP contribution in [0.5, 0.6) is 5.75 Å². The van der Waals surface area contributed by atoms with Gasteiger partial charge in [0, 0.05) is 39.8 Å². The smallest absolute Gasteiger partial charge is 0.191 e. The van der Waals surface area contributed by atoms with Crippen molar-refractivity contribution in [1.29, 1.82) is 0 Å². The Morgan fingerprint density at radius 3 is 2.70 bits per heavy atom. The molecule has 1 aliphatic heterocycles. The van der Waals surface area contributed by atoms with E-state index in [1.54, 1.807) is 19.2 Å². The van der Waals surface area contributed by atoms with Gasteiger partial charge in [-0.1, -0.05) is 26.0 Å². The second-order valence-corrected chi connectivity index (χ2v) is 7.30. The molecule has 0 bridgehead atoms. The third-order valence-corrected chi connectivity index (χ3v) is 4.44. The van der Waals surface area contributed by atoms with Crippen LogP contribution in [0.2, 0.25) is 0 Å². The lowest BCUT2D eigenvalue weighted by molar-refractivity contribution is -0.0284. The van der Waals surface area contributed by atoms with Crippen LogP contribution in [0.3, 0.4) is 0 Å². The van der Waals surface area contributed by atoms with E-state index < -0.39 is 0 Å². The molecule has 0 saturated carbocycles. The monoisotopic (exact) mass is 490 g/mol. The van der Waals surface area contributed by atoms with Gasteiger partial charge in [-0.25, -0.2) is 0 Å². The van der Waals surface area contributed by atoms with Crippen molar-refractivity contribution in [1.82, 2.24) is 15.5 Å². The van der Waals surface area contributed by atoms with E-state index in [2.05, 4.69) is 34.4 Å². The molecule has 3 N–H and O–H groups in total. The van der Waals surface area contributed by atoms with Gasteiger partial charge in [0.25, 0.3) is 0 Å². The molecule has 0 aliphatic carbocycles. The lowest BCUT2D eigenvalue weighted by Gasteiger charge is -2.34. The summed E-state index contributed by atoms with van der Waals surface area (Å²) in [5.74, 6) is 1.82. The molecule has 1 heterocycles. The zero-order valence-electron chi connectivity index (χ0n) is 16.8. The van der Waals surface area contributed by atoms with Gasteiger partial charge in [-0.3, -0.25) is 9.89 Å². The maximum atomic E-state index is 9.31. The Morgan fingerprint density at radius 1 is 1.30 bits per heavy atom. The Kier molecular flexibility index (Phi) is 11.7. The molecule has 6 nitrogen and oxygen atoms in total. The van der Waals surface area contributed by atoms with Crippen molar-refractivity contribution in [2.45, 2.75) is 32.8 Å². The number of rotatable bonds is 8. The minimum Gasteiger partial charge on any atom is -0.508 e. The maximum Gasteiger partial charge on any atom is 0.191 e. The van der Waals surface area contributed by atoms with Gasteiger partial charge in [-0.2, -0.15) is 0 Å². The summed E-state index contributed by atoms with van der Waals surface area (Å²) < 4.78 is 5.87. The highest BCUT2D eigenvalue weighted by molar-refractivity contribution is 14.0. The van der Waals surface area contributed by atoms with E-state index in [0.29, 0.717) is 11.7 Å². The number of hydrogen-bond acceptors (Lipinski definition) is 4. The number of phenolic OH excluding ortho intramolecular Hbond substituents is 1. The summed E-state index contributed by atoms with van der Waals surface area (Å²) in [5, 5.41) is 16.0. The number of hydrogen-bond donors (Lipinski definition) is 3. The van der Waals surface area contributed by atoms with Crippen LogP contribution in [-0.2, 0) is 11.2 Å². The highest BCUT2D eigenvalue weighted by atomic mass is 127. The van der Waals surface area contributed by atoms with Crippen LogP contribution in [0, 0.1) is 5.92 Å². The lowest BCUT2D eigenvalue weighted by Crippen LogP contribution is -2.50. The number of aromatic hydroxyl groups is 1. The van der Waals surface area contributed by atoms with Gasteiger partial charge in [0.15, 0.2) is 5.96 Å². The van der Waals surface area contributed by atoms with Gasteiger partial charge in [-0.05, 0) is 36.5 Å². The van der Waals surface area contributed by atoms with E-state index in [-0.39, 0.29) is 30.1 Å². The van der Waals surface area contributed by atoms with Crippen molar-refractivity contribution in [3.8, 4) is 5.75 Å². The number of phenols is 1. The topological polar surface area (TPSA) is 69.1 Å². The van der Waals surface area contributed by atoms with E-state index in [1.165, 1.54) is 5.56 Å². The number of halogens is 1. The van der Waals surface area contributed by atoms with Gasteiger partial charge in [0.05, 0.1) is 12.7 Å². The summed E-state index contributed by atoms with van der Waals surface area (Å²) in [6, 6.07) is 7.39. The Morgan fingerprint density at radius 2 is 2.04 bits per heavy atom. The van der Waals surface area contributed by atoms with Crippen LogP contribution in [0.15, 0.2) is 29.3 Å². The van der Waals surface area contributed by atoms with Crippen LogP contribution in [0.4, 0.5) is 0 Å². The summed E-state index contributed by atoms with van der Waals surface area (Å²) in [5.41, 5.74) is 1.23. The maximum absolute atomic E-state index is 9.31. The van der Waals surface area contributed by atoms with Gasteiger partial charge < -0.3 is 20.5 Å². The average Bonchev–Trinajstić information content (AvgIpc) is 2.62. The summed E-state index contributed by atoms with van der Waals surface area (Å²) in [6.07, 6.45) is 2.19. The average molecular weight is 490 g/mol. The Labute approximate surface area is 180 Å². The molecular weight excluding hydrogens is 455 g/mol. The van der Waals surface area contributed by atoms with Crippen molar-refractivity contribution in [3.63, 3.8) is 0 Å². The quantitative estimate of drug-likeness (QED) is 0.226. The Hall–Kier alpha value is -1.06. The van der Waals surface area contributed by atoms with E-state index in [4.69, 9.17) is 4.74 Å². The normalized spacial score (nSPS) is 18.2. The zero-order valence-corrected chi connectivity index (χ0v) is 19.1. The summed E-state index contributed by atoms with van der Waals surface area (Å²) in [6.45, 7) is 10.1. The minimum absolute atomic E-state index is 0. The minimum atomic E-state index is 0. The molecule has 0 amide bonds. The number of nitrogens with one attached hydrogen (secondary N) is 2. The summed E-state index contributed by atoms with van der Waals surface area (Å²) in [7, 11) is 1.79. The number of aliphatic imine (C=N–C) groups is 1. The van der Waals surface area contributed by atoms with Crippen molar-refractivity contribution in [2.75, 3.05) is 46.4 Å². The van der Waals surface area contributed by atoms with E-state index >= 15 is 0 Å². The van der Waals surface area contributed by atoms with E-state index in [9.17, 15) is 5.11 Å². The first-order chi connectivity index (χ1) is 12.6. The highest BCUT2D eigenvalue weighted by Gasteiger charge is 2.20. The molecule has 1 aromatic carbocycles. The van der Waals surface area contributed by atoms with Gasteiger partial charge in [0.2, 0.25) is 0 Å². The largest absolute Gasteiger partial charge is 0.508 e. The third kappa shape index (κ3) is 9.62. The molecule has 1 aromatic rings. The second-order valence-electron chi connectivity index (χ2n) is 7.30. The number of nitrogens with zero attached hydrogens (tertiary/aromatic N) is 2. The van der Waals surface area contributed by atoms with Crippen molar-refractivity contribution < 1.29 is 9.84 Å². The first-order valence-electron chi connectivity index (χ1n) is 9.63. The first-order valence-corrected chi connectivity index (χ1v) is 9.63. The number of aryl methyl sites for hydroxylation is 1. The molecule has 0 radical (unpaired) electrons. The molecule has 1 fully saturated rings. The predicted octanol–water partition coefficient (Wildman–Crippen LogP) is 2.46. The molecule has 0 spiro atoms. The van der Waals surface area contributed by atoms with Crippen LogP contribution in [0.25, 0.3) is 0 Å². The highest BCUT2D eigenvalue weighted by Crippen LogP contribution is 2.11. The third-order valence-electron chi connectivity index (χ3n) is 4.44. The SMILES string of the molecule is CN=C(NCCCc1ccc(O)cc1)NCC1CN(CC(C)C)CCO1.I. The van der Waals surface area contributed by atoms with Gasteiger partial charge in [-0.15, -0.1) is 24.0 Å². The first kappa shape index (κ1) is 24.0. The fourth-order valence-electron chi connectivity index (χ4n) is 3.18. The Bertz CT molecular complexity index is 551. The molecule has 1 aliphatic rings. The fourth-order valence-corrected chi connectivity index (χ4v) is 3.18. The molecule has 1 saturated heterocycles. The molecular formula is C20H35IN4O2. The molecule has 7 heteroatoms. The van der Waals surface area contributed by atoms with Crippen LogP contribution >= 0.6 is 24.0 Å². The lowest BCUT2D eigenvalue weighted by atomic mass is 10.1. The van der Waals surface area contributed by atoms with Crippen molar-refractivity contribution >= 4 is 29.9 Å². The predicted molar refractivity (Wildman–Crippen MR) is 122 cm³/mol. The molecule has 154 valence electrons. The second kappa shape index (κ2) is 13.2. The Balaban J connectivity index is 0.00000364. The molecule has 0 aromatic heterocycles. The van der Waals surface area contributed by atoms with Gasteiger partial charge >= 0.3 is 0 Å². The summed E-state index contributed by atoms with van der Waals surface area (Å²) in [4.78, 5) is 6.77.